The summed E-state index contributed by atoms with van der Waals surface area (Å²) in [5.74, 6) is 0.738. The molecule has 11 nitrogen and oxygen atoms in total. The predicted octanol–water partition coefficient (Wildman–Crippen LogP) is 6.77. The third-order valence-corrected chi connectivity index (χ3v) is 9.08. The normalized spacial score (nSPS) is 14.4. The van der Waals surface area contributed by atoms with Crippen LogP contribution in [0.2, 0.25) is 0 Å². The van der Waals surface area contributed by atoms with Gasteiger partial charge in [-0.05, 0) is 44.7 Å². The summed E-state index contributed by atoms with van der Waals surface area (Å²) in [4.78, 5) is 22.1. The molecule has 3 N–H and O–H groups in total. The van der Waals surface area contributed by atoms with Gasteiger partial charge >= 0.3 is 13.7 Å². The van der Waals surface area contributed by atoms with Gasteiger partial charge in [-0.25, -0.2) is 14.5 Å². The number of benzene rings is 3. The van der Waals surface area contributed by atoms with E-state index in [9.17, 15) is 9.36 Å². The van der Waals surface area contributed by atoms with Crippen LogP contribution in [0.15, 0.2) is 66.7 Å². The summed E-state index contributed by atoms with van der Waals surface area (Å²) in [7, 11) is -4.18. The Balaban J connectivity index is 1.49. The molecule has 5 rings (SSSR count). The van der Waals surface area contributed by atoms with Crippen molar-refractivity contribution in [3.8, 4) is 5.75 Å². The molecule has 2 aromatic heterocycles. The Kier molecular flexibility index (Phi) is 10.4. The van der Waals surface area contributed by atoms with Gasteiger partial charge in [0.05, 0.1) is 30.3 Å². The zero-order valence-electron chi connectivity index (χ0n) is 26.1. The van der Waals surface area contributed by atoms with Gasteiger partial charge in [-0.2, -0.15) is 5.09 Å². The van der Waals surface area contributed by atoms with Crippen molar-refractivity contribution in [3.05, 3.63) is 72.6 Å². The van der Waals surface area contributed by atoms with E-state index >= 15 is 0 Å². The zero-order chi connectivity index (χ0) is 32.0. The van der Waals surface area contributed by atoms with Crippen LogP contribution in [0.25, 0.3) is 32.7 Å². The van der Waals surface area contributed by atoms with E-state index in [2.05, 4.69) is 10.1 Å². The molecule has 0 unspecified atom stereocenters. The molecule has 0 aliphatic rings. The molecular formula is C33H40N5O6P. The number of nitrogens with one attached hydrogen (secondary N) is 1. The smallest absolute Gasteiger partial charge is 0.459 e. The topological polar surface area (TPSA) is 140 Å². The molecule has 0 radical (unpaired) electrons. The number of nitrogens with two attached hydrogens (primary N) is 1. The minimum Gasteiger partial charge on any atom is -0.465 e. The number of nitrogens with zero attached hydrogens (tertiary/aromatic N) is 3. The number of anilines is 1. The average Bonchev–Trinajstić information content (AvgIpc) is 3.38. The second-order valence-corrected chi connectivity index (χ2v) is 12.5. The number of hydrogen-bond donors (Lipinski definition) is 2. The highest BCUT2D eigenvalue weighted by Gasteiger charge is 2.35. The molecule has 2 heterocycles. The number of ether oxygens (including phenoxy) is 2. The molecule has 238 valence electrons. The lowest BCUT2D eigenvalue weighted by Gasteiger charge is -2.26. The lowest BCUT2D eigenvalue weighted by molar-refractivity contribution is -0.145. The number of carbonyl (C=O) groups excluding carboxylic acids is 1. The molecule has 0 aliphatic heterocycles. The Hall–Kier alpha value is -4.02. The van der Waals surface area contributed by atoms with Crippen molar-refractivity contribution in [1.82, 2.24) is 19.6 Å². The first-order chi connectivity index (χ1) is 21.7. The summed E-state index contributed by atoms with van der Waals surface area (Å²) in [6.45, 7) is 8.50. The molecular weight excluding hydrogens is 593 g/mol. The van der Waals surface area contributed by atoms with E-state index in [1.165, 1.54) is 0 Å². The molecule has 0 saturated heterocycles. The van der Waals surface area contributed by atoms with Crippen molar-refractivity contribution in [1.29, 1.82) is 0 Å². The first kappa shape index (κ1) is 32.4. The number of aromatic nitrogens is 3. The Morgan fingerprint density at radius 3 is 2.51 bits per heavy atom. The molecule has 12 heteroatoms. The SMILES string of the molecule is CCCCOC(=O)[C@H](C)N[P@@](=O)(Oc1cccc2ccccc12)O[C@H](C)Cn1c(COCC)nc2c(N)nc3ccccc3c21. The lowest BCUT2D eigenvalue weighted by Crippen LogP contribution is -2.36. The Bertz CT molecular complexity index is 1840. The number of pyridine rings is 1. The van der Waals surface area contributed by atoms with Crippen molar-refractivity contribution in [2.75, 3.05) is 18.9 Å². The molecule has 0 saturated carbocycles. The molecule has 5 aromatic rings. The summed E-state index contributed by atoms with van der Waals surface area (Å²) < 4.78 is 40.0. The Labute approximate surface area is 262 Å². The second-order valence-electron chi connectivity index (χ2n) is 10.8. The molecule has 0 fully saturated rings. The maximum atomic E-state index is 14.6. The minimum atomic E-state index is -4.18. The van der Waals surface area contributed by atoms with E-state index in [0.29, 0.717) is 29.5 Å². The van der Waals surface area contributed by atoms with Crippen molar-refractivity contribution in [2.45, 2.75) is 65.8 Å². The monoisotopic (exact) mass is 633 g/mol. The van der Waals surface area contributed by atoms with Crippen molar-refractivity contribution in [3.63, 3.8) is 0 Å². The van der Waals surface area contributed by atoms with Gasteiger partial charge in [-0.1, -0.05) is 67.9 Å². The fourth-order valence-corrected chi connectivity index (χ4v) is 6.84. The molecule has 0 amide bonds. The van der Waals surface area contributed by atoms with Crippen LogP contribution in [0.1, 0.15) is 46.4 Å². The number of nitrogen functional groups attached to an aromatic ring is 1. The third kappa shape index (κ3) is 7.45. The zero-order valence-corrected chi connectivity index (χ0v) is 27.0. The van der Waals surface area contributed by atoms with Crippen LogP contribution in [0.4, 0.5) is 5.82 Å². The van der Waals surface area contributed by atoms with E-state index in [-0.39, 0.29) is 19.8 Å². The van der Waals surface area contributed by atoms with Gasteiger partial charge in [0.25, 0.3) is 0 Å². The number of imidazole rings is 1. The van der Waals surface area contributed by atoms with Crippen LogP contribution in [0, 0.1) is 0 Å². The predicted molar refractivity (Wildman–Crippen MR) is 176 cm³/mol. The van der Waals surface area contributed by atoms with Crippen molar-refractivity contribution < 1.29 is 27.9 Å². The average molecular weight is 634 g/mol. The van der Waals surface area contributed by atoms with Gasteiger partial charge in [0.15, 0.2) is 5.82 Å². The highest BCUT2D eigenvalue weighted by Crippen LogP contribution is 2.48. The molecule has 0 spiro atoms. The quantitative estimate of drug-likeness (QED) is 0.0721. The highest BCUT2D eigenvalue weighted by atomic mass is 31.2. The largest absolute Gasteiger partial charge is 0.465 e. The van der Waals surface area contributed by atoms with Crippen LogP contribution in [0.5, 0.6) is 5.75 Å². The summed E-state index contributed by atoms with van der Waals surface area (Å²) in [5.41, 5.74) is 8.39. The minimum absolute atomic E-state index is 0.228. The fraction of sp³-hybridized carbons (Fsp3) is 0.364. The van der Waals surface area contributed by atoms with Crippen LogP contribution >= 0.6 is 7.75 Å². The molecule has 3 atom stereocenters. The summed E-state index contributed by atoms with van der Waals surface area (Å²) in [6, 6.07) is 19.8. The summed E-state index contributed by atoms with van der Waals surface area (Å²) in [5, 5.41) is 5.35. The van der Waals surface area contributed by atoms with E-state index in [0.717, 1.165) is 40.0 Å². The number of hydrogen-bond acceptors (Lipinski definition) is 9. The van der Waals surface area contributed by atoms with Gasteiger partial charge in [-0.3, -0.25) is 9.32 Å². The number of unbranched alkanes of at least 4 members (excludes halogenated alkanes) is 1. The second kappa shape index (κ2) is 14.4. The number of carbonyl (C=O) groups is 1. The maximum absolute atomic E-state index is 14.6. The number of esters is 1. The maximum Gasteiger partial charge on any atom is 0.459 e. The van der Waals surface area contributed by atoms with Crippen LogP contribution in [-0.4, -0.2) is 45.9 Å². The van der Waals surface area contributed by atoms with Gasteiger partial charge in [0.2, 0.25) is 0 Å². The van der Waals surface area contributed by atoms with E-state index < -0.39 is 25.9 Å². The molecule has 3 aromatic carbocycles. The van der Waals surface area contributed by atoms with E-state index in [4.69, 9.17) is 29.2 Å². The number of rotatable bonds is 15. The van der Waals surface area contributed by atoms with Crippen LogP contribution in [0.3, 0.4) is 0 Å². The molecule has 45 heavy (non-hydrogen) atoms. The van der Waals surface area contributed by atoms with Crippen LogP contribution in [-0.2, 0) is 36.5 Å². The van der Waals surface area contributed by atoms with E-state index in [1.54, 1.807) is 19.9 Å². The number of fused-ring (bicyclic) bond motifs is 4. The summed E-state index contributed by atoms with van der Waals surface area (Å²) in [6.07, 6.45) is 0.921. The molecule has 0 aliphatic carbocycles. The third-order valence-electron chi connectivity index (χ3n) is 7.30. The van der Waals surface area contributed by atoms with Gasteiger partial charge in [-0.15, -0.1) is 0 Å². The standard InChI is InChI=1S/C33H40N5O6P/c1-5-7-19-42-33(39)23(4)37-45(40,44-28-18-12-14-24-13-8-9-15-25(24)28)43-22(3)20-38-29(21-41-6-2)36-30-31(38)26-16-10-11-17-27(26)35-32(30)34/h8-18,22-23H,5-7,19-21H2,1-4H3,(H2,34,35)(H,37,40)/t22-,23+,45+/m1/s1. The lowest BCUT2D eigenvalue weighted by atomic mass is 10.1. The summed E-state index contributed by atoms with van der Waals surface area (Å²) >= 11 is 0. The molecule has 0 bridgehead atoms. The van der Waals surface area contributed by atoms with Crippen LogP contribution < -0.4 is 15.3 Å². The highest BCUT2D eigenvalue weighted by molar-refractivity contribution is 7.52. The van der Waals surface area contributed by atoms with Gasteiger partial charge in [0.1, 0.15) is 29.7 Å². The van der Waals surface area contributed by atoms with Crippen molar-refractivity contribution in [2.24, 2.45) is 0 Å². The first-order valence-electron chi connectivity index (χ1n) is 15.2. The number of para-hydroxylation sites is 1. The van der Waals surface area contributed by atoms with Gasteiger partial charge in [0, 0.05) is 17.4 Å². The van der Waals surface area contributed by atoms with Gasteiger partial charge < -0.3 is 24.3 Å². The van der Waals surface area contributed by atoms with E-state index in [1.807, 2.05) is 79.1 Å². The Morgan fingerprint density at radius 2 is 1.73 bits per heavy atom. The Morgan fingerprint density at radius 1 is 1.00 bits per heavy atom. The first-order valence-corrected chi connectivity index (χ1v) is 16.8. The van der Waals surface area contributed by atoms with Crippen molar-refractivity contribution >= 4 is 52.2 Å². The fourth-order valence-electron chi connectivity index (χ4n) is 5.15.